The Morgan fingerprint density at radius 1 is 1.06 bits per heavy atom. The van der Waals surface area contributed by atoms with E-state index in [2.05, 4.69) is 19.2 Å². The van der Waals surface area contributed by atoms with Gasteiger partial charge < -0.3 is 15.0 Å². The number of hydrogen-bond acceptors (Lipinski definition) is 5. The molecule has 1 aliphatic heterocycles. The van der Waals surface area contributed by atoms with Crippen molar-refractivity contribution in [3.8, 4) is 5.75 Å². The minimum atomic E-state index is -3.96. The molecule has 35 heavy (non-hydrogen) atoms. The van der Waals surface area contributed by atoms with E-state index in [1.807, 2.05) is 31.2 Å². The number of nitrogens with one attached hydrogen (secondary N) is 1. The molecule has 1 atom stereocenters. The van der Waals surface area contributed by atoms with E-state index in [0.29, 0.717) is 18.3 Å². The lowest BCUT2D eigenvalue weighted by Gasteiger charge is -2.39. The molecule has 9 heteroatoms. The van der Waals surface area contributed by atoms with E-state index in [0.717, 1.165) is 12.0 Å². The Morgan fingerprint density at radius 3 is 2.29 bits per heavy atom. The van der Waals surface area contributed by atoms with Gasteiger partial charge in [0.25, 0.3) is 0 Å². The van der Waals surface area contributed by atoms with Crippen LogP contribution in [0.25, 0.3) is 0 Å². The topological polar surface area (TPSA) is 96.0 Å². The smallest absolute Gasteiger partial charge is 0.243 e. The second-order valence-corrected chi connectivity index (χ2v) is 10.9. The molecule has 2 amide bonds. The molecule has 0 unspecified atom stereocenters. The average Bonchev–Trinajstić information content (AvgIpc) is 2.86. The van der Waals surface area contributed by atoms with Gasteiger partial charge in [0.2, 0.25) is 21.8 Å². The van der Waals surface area contributed by atoms with Crippen LogP contribution in [-0.4, -0.2) is 61.7 Å². The van der Waals surface area contributed by atoms with Crippen LogP contribution in [0.4, 0.5) is 0 Å². The third kappa shape index (κ3) is 6.61. The first-order valence-electron chi connectivity index (χ1n) is 12.0. The van der Waals surface area contributed by atoms with Gasteiger partial charge >= 0.3 is 0 Å². The maximum absolute atomic E-state index is 13.5. The van der Waals surface area contributed by atoms with Crippen molar-refractivity contribution in [2.75, 3.05) is 26.2 Å². The molecule has 0 spiro atoms. The van der Waals surface area contributed by atoms with Crippen molar-refractivity contribution >= 4 is 21.8 Å². The summed E-state index contributed by atoms with van der Waals surface area (Å²) in [7, 11) is -3.96. The van der Waals surface area contributed by atoms with Gasteiger partial charge in [-0.15, -0.1) is 0 Å². The lowest BCUT2D eigenvalue weighted by molar-refractivity contribution is -0.134. The Labute approximate surface area is 208 Å². The number of piperazine rings is 1. The number of benzene rings is 2. The first-order chi connectivity index (χ1) is 16.6. The van der Waals surface area contributed by atoms with Crippen molar-refractivity contribution in [1.29, 1.82) is 0 Å². The molecule has 0 aromatic heterocycles. The van der Waals surface area contributed by atoms with Gasteiger partial charge in [-0.1, -0.05) is 45.0 Å². The van der Waals surface area contributed by atoms with Gasteiger partial charge in [0.15, 0.2) is 0 Å². The Kier molecular flexibility index (Phi) is 8.91. The highest BCUT2D eigenvalue weighted by Crippen LogP contribution is 2.24. The van der Waals surface area contributed by atoms with Crippen LogP contribution in [0.5, 0.6) is 5.75 Å². The van der Waals surface area contributed by atoms with Crippen LogP contribution in [0.3, 0.4) is 0 Å². The fourth-order valence-electron chi connectivity index (χ4n) is 3.94. The zero-order valence-electron chi connectivity index (χ0n) is 20.9. The fraction of sp³-hybridized carbons (Fsp3) is 0.462. The van der Waals surface area contributed by atoms with Crippen LogP contribution in [-0.2, 0) is 26.2 Å². The molecule has 0 saturated carbocycles. The monoisotopic (exact) mass is 501 g/mol. The summed E-state index contributed by atoms with van der Waals surface area (Å²) >= 11 is 0. The van der Waals surface area contributed by atoms with E-state index >= 15 is 0 Å². The molecule has 1 fully saturated rings. The van der Waals surface area contributed by atoms with Gasteiger partial charge in [-0.05, 0) is 47.7 Å². The molecule has 3 rings (SSSR count). The van der Waals surface area contributed by atoms with Crippen LogP contribution in [0.15, 0.2) is 53.4 Å². The summed E-state index contributed by atoms with van der Waals surface area (Å²) in [5, 5.41) is 2.86. The van der Waals surface area contributed by atoms with Crippen molar-refractivity contribution < 1.29 is 22.7 Å². The summed E-state index contributed by atoms with van der Waals surface area (Å²) in [6.45, 7) is 8.72. The Morgan fingerprint density at radius 2 is 1.71 bits per heavy atom. The molecule has 2 aromatic carbocycles. The van der Waals surface area contributed by atoms with Gasteiger partial charge in [0, 0.05) is 33.1 Å². The third-order valence-electron chi connectivity index (χ3n) is 6.10. The molecule has 2 aromatic rings. The predicted octanol–water partition coefficient (Wildman–Crippen LogP) is 3.14. The molecule has 1 saturated heterocycles. The summed E-state index contributed by atoms with van der Waals surface area (Å²) in [5.41, 5.74) is 2.12. The molecular formula is C26H35N3O5S. The van der Waals surface area contributed by atoms with Crippen molar-refractivity contribution in [2.45, 2.75) is 57.5 Å². The van der Waals surface area contributed by atoms with Gasteiger partial charge in [0.05, 0.1) is 11.5 Å². The van der Waals surface area contributed by atoms with Crippen molar-refractivity contribution in [1.82, 2.24) is 14.5 Å². The Hall–Kier alpha value is -2.91. The van der Waals surface area contributed by atoms with Gasteiger partial charge in [-0.25, -0.2) is 8.42 Å². The van der Waals surface area contributed by atoms with E-state index in [-0.39, 0.29) is 37.0 Å². The molecule has 0 bridgehead atoms. The van der Waals surface area contributed by atoms with Crippen molar-refractivity contribution in [3.63, 3.8) is 0 Å². The Bertz CT molecular complexity index is 1110. The zero-order valence-corrected chi connectivity index (χ0v) is 21.7. The molecule has 190 valence electrons. The summed E-state index contributed by atoms with van der Waals surface area (Å²) in [4.78, 5) is 26.8. The number of carbonyl (C=O) groups is 2. The second kappa shape index (κ2) is 11.7. The normalized spacial score (nSPS) is 16.8. The maximum atomic E-state index is 13.5. The van der Waals surface area contributed by atoms with E-state index in [4.69, 9.17) is 4.74 Å². The third-order valence-corrected chi connectivity index (χ3v) is 8.02. The first-order valence-corrected chi connectivity index (χ1v) is 13.4. The molecule has 1 N–H and O–H groups in total. The maximum Gasteiger partial charge on any atom is 0.243 e. The van der Waals surface area contributed by atoms with E-state index in [1.54, 1.807) is 12.1 Å². The number of ether oxygens (including phenoxy) is 1. The molecular weight excluding hydrogens is 466 g/mol. The van der Waals surface area contributed by atoms with Gasteiger partial charge in [-0.2, -0.15) is 4.31 Å². The van der Waals surface area contributed by atoms with Gasteiger partial charge in [-0.3, -0.25) is 9.59 Å². The quantitative estimate of drug-likeness (QED) is 0.570. The predicted molar refractivity (Wildman–Crippen MR) is 135 cm³/mol. The lowest BCUT2D eigenvalue weighted by atomic mass is 10.0. The van der Waals surface area contributed by atoms with Crippen LogP contribution in [0.2, 0.25) is 0 Å². The molecule has 1 heterocycles. The minimum Gasteiger partial charge on any atom is -0.494 e. The van der Waals surface area contributed by atoms with Crippen LogP contribution >= 0.6 is 0 Å². The minimum absolute atomic E-state index is 0.00434. The van der Waals surface area contributed by atoms with Crippen LogP contribution < -0.4 is 10.1 Å². The van der Waals surface area contributed by atoms with Crippen LogP contribution in [0.1, 0.15) is 51.2 Å². The van der Waals surface area contributed by atoms with Crippen LogP contribution in [0, 0.1) is 0 Å². The highest BCUT2D eigenvalue weighted by atomic mass is 32.2. The number of rotatable bonds is 9. The molecule has 8 nitrogen and oxygen atoms in total. The highest BCUT2D eigenvalue weighted by Gasteiger charge is 2.40. The number of amides is 2. The van der Waals surface area contributed by atoms with Crippen molar-refractivity contribution in [3.05, 3.63) is 59.7 Å². The first kappa shape index (κ1) is 26.7. The SMILES string of the molecule is CCCOc1ccc(S(=O)(=O)N2CCN(C(C)=O)C[C@@H]2C(=O)NCc2ccc(C(C)C)cc2)cc1. The average molecular weight is 502 g/mol. The largest absolute Gasteiger partial charge is 0.494 e. The molecule has 0 radical (unpaired) electrons. The summed E-state index contributed by atoms with van der Waals surface area (Å²) in [6.07, 6.45) is 0.846. The highest BCUT2D eigenvalue weighted by molar-refractivity contribution is 7.89. The number of nitrogens with zero attached hydrogens (tertiary/aromatic N) is 2. The number of sulfonamides is 1. The van der Waals surface area contributed by atoms with Gasteiger partial charge in [0.1, 0.15) is 11.8 Å². The molecule has 1 aliphatic rings. The zero-order chi connectivity index (χ0) is 25.6. The second-order valence-electron chi connectivity index (χ2n) is 9.03. The van der Waals surface area contributed by atoms with E-state index in [9.17, 15) is 18.0 Å². The summed E-state index contributed by atoms with van der Waals surface area (Å²) in [6, 6.07) is 13.1. The standard InChI is InChI=1S/C26H35N3O5S/c1-5-16-34-23-10-12-24(13-11-23)35(32,33)29-15-14-28(20(4)30)18-25(29)26(31)27-17-21-6-8-22(9-7-21)19(2)3/h6-13,19,25H,5,14-18H2,1-4H3,(H,27,31)/t25-/m1/s1. The summed E-state index contributed by atoms with van der Waals surface area (Å²) < 4.78 is 33.7. The summed E-state index contributed by atoms with van der Waals surface area (Å²) in [5.74, 6) is 0.367. The molecule has 0 aliphatic carbocycles. The van der Waals surface area contributed by atoms with E-state index < -0.39 is 22.0 Å². The number of hydrogen-bond donors (Lipinski definition) is 1. The number of carbonyl (C=O) groups excluding carboxylic acids is 2. The lowest BCUT2D eigenvalue weighted by Crippen LogP contribution is -2.61. The van der Waals surface area contributed by atoms with Crippen molar-refractivity contribution in [2.24, 2.45) is 0 Å². The fourth-order valence-corrected chi connectivity index (χ4v) is 5.51. The Balaban J connectivity index is 1.78. The van der Waals surface area contributed by atoms with E-state index in [1.165, 1.54) is 33.8 Å².